The SMILES string of the molecule is C=NC(C)CNCC(CC)CC. The Morgan fingerprint density at radius 2 is 1.83 bits per heavy atom. The van der Waals surface area contributed by atoms with Crippen LogP contribution in [0.2, 0.25) is 0 Å². The van der Waals surface area contributed by atoms with Gasteiger partial charge in [-0.3, -0.25) is 4.99 Å². The Labute approximate surface area is 76.5 Å². The molecule has 1 N–H and O–H groups in total. The highest BCUT2D eigenvalue weighted by Crippen LogP contribution is 2.04. The molecule has 72 valence electrons. The van der Waals surface area contributed by atoms with Gasteiger partial charge in [0.2, 0.25) is 0 Å². The van der Waals surface area contributed by atoms with E-state index >= 15 is 0 Å². The van der Waals surface area contributed by atoms with E-state index in [1.54, 1.807) is 0 Å². The van der Waals surface area contributed by atoms with Crippen LogP contribution in [0.1, 0.15) is 33.6 Å². The molecule has 0 bridgehead atoms. The summed E-state index contributed by atoms with van der Waals surface area (Å²) in [7, 11) is 0. The van der Waals surface area contributed by atoms with Crippen LogP contribution in [0.25, 0.3) is 0 Å². The molecule has 0 aromatic carbocycles. The lowest BCUT2D eigenvalue weighted by atomic mass is 10.0. The molecule has 0 aliphatic heterocycles. The third kappa shape index (κ3) is 5.30. The van der Waals surface area contributed by atoms with Gasteiger partial charge >= 0.3 is 0 Å². The summed E-state index contributed by atoms with van der Waals surface area (Å²) in [5, 5.41) is 3.40. The zero-order valence-corrected chi connectivity index (χ0v) is 8.64. The Bertz CT molecular complexity index is 108. The number of hydrogen-bond donors (Lipinski definition) is 1. The summed E-state index contributed by atoms with van der Waals surface area (Å²) in [6.45, 7) is 12.1. The average Bonchev–Trinajstić information content (AvgIpc) is 2.12. The van der Waals surface area contributed by atoms with Crippen molar-refractivity contribution in [3.63, 3.8) is 0 Å². The summed E-state index contributed by atoms with van der Waals surface area (Å²) in [5.74, 6) is 0.821. The van der Waals surface area contributed by atoms with Crippen molar-refractivity contribution in [3.05, 3.63) is 0 Å². The maximum atomic E-state index is 3.92. The molecule has 0 saturated heterocycles. The van der Waals surface area contributed by atoms with Crippen LogP contribution in [0.3, 0.4) is 0 Å². The van der Waals surface area contributed by atoms with Gasteiger partial charge in [-0.25, -0.2) is 0 Å². The Kier molecular flexibility index (Phi) is 7.06. The number of nitrogens with zero attached hydrogens (tertiary/aromatic N) is 1. The van der Waals surface area contributed by atoms with Crippen molar-refractivity contribution in [2.75, 3.05) is 13.1 Å². The van der Waals surface area contributed by atoms with E-state index in [9.17, 15) is 0 Å². The molecule has 1 unspecified atom stereocenters. The molecular weight excluding hydrogens is 148 g/mol. The van der Waals surface area contributed by atoms with E-state index in [1.165, 1.54) is 12.8 Å². The van der Waals surface area contributed by atoms with E-state index in [2.05, 4.69) is 37.8 Å². The second-order valence-corrected chi connectivity index (χ2v) is 3.37. The van der Waals surface area contributed by atoms with Crippen molar-refractivity contribution >= 4 is 6.72 Å². The Hall–Kier alpha value is -0.370. The van der Waals surface area contributed by atoms with Crippen molar-refractivity contribution in [1.82, 2.24) is 5.32 Å². The molecule has 0 fully saturated rings. The molecule has 2 nitrogen and oxygen atoms in total. The molecule has 0 rings (SSSR count). The molecule has 0 amide bonds. The largest absolute Gasteiger partial charge is 0.314 e. The summed E-state index contributed by atoms with van der Waals surface area (Å²) in [6.07, 6.45) is 2.53. The van der Waals surface area contributed by atoms with E-state index in [0.29, 0.717) is 6.04 Å². The van der Waals surface area contributed by atoms with Crippen molar-refractivity contribution in [2.45, 2.75) is 39.7 Å². The average molecular weight is 170 g/mol. The maximum absolute atomic E-state index is 3.92. The van der Waals surface area contributed by atoms with Gasteiger partial charge in [0, 0.05) is 6.54 Å². The fourth-order valence-electron chi connectivity index (χ4n) is 1.14. The van der Waals surface area contributed by atoms with Crippen molar-refractivity contribution in [2.24, 2.45) is 10.9 Å². The summed E-state index contributed by atoms with van der Waals surface area (Å²) in [4.78, 5) is 3.92. The lowest BCUT2D eigenvalue weighted by Crippen LogP contribution is -2.28. The van der Waals surface area contributed by atoms with Crippen LogP contribution in [-0.4, -0.2) is 25.8 Å². The van der Waals surface area contributed by atoms with Crippen molar-refractivity contribution < 1.29 is 0 Å². The second-order valence-electron chi connectivity index (χ2n) is 3.37. The number of aliphatic imine (C=N–C) groups is 1. The van der Waals surface area contributed by atoms with E-state index < -0.39 is 0 Å². The van der Waals surface area contributed by atoms with Crippen LogP contribution in [0, 0.1) is 5.92 Å². The maximum Gasteiger partial charge on any atom is 0.0588 e. The lowest BCUT2D eigenvalue weighted by molar-refractivity contribution is 0.442. The highest BCUT2D eigenvalue weighted by atomic mass is 14.9. The first-order valence-corrected chi connectivity index (χ1v) is 4.91. The monoisotopic (exact) mass is 170 g/mol. The Morgan fingerprint density at radius 1 is 1.25 bits per heavy atom. The summed E-state index contributed by atoms with van der Waals surface area (Å²) < 4.78 is 0. The highest BCUT2D eigenvalue weighted by molar-refractivity contribution is 5.23. The zero-order valence-electron chi connectivity index (χ0n) is 8.64. The number of hydrogen-bond acceptors (Lipinski definition) is 2. The van der Waals surface area contributed by atoms with Gasteiger partial charge in [0.05, 0.1) is 6.04 Å². The second kappa shape index (κ2) is 7.29. The first-order chi connectivity index (χ1) is 5.74. The molecule has 0 aliphatic carbocycles. The smallest absolute Gasteiger partial charge is 0.0588 e. The summed E-state index contributed by atoms with van der Waals surface area (Å²) >= 11 is 0. The standard InChI is InChI=1S/C10H22N2/c1-5-10(6-2)8-12-7-9(3)11-4/h9-10,12H,4-8H2,1-3H3. The highest BCUT2D eigenvalue weighted by Gasteiger charge is 2.03. The molecule has 0 spiro atoms. The zero-order chi connectivity index (χ0) is 9.40. The van der Waals surface area contributed by atoms with E-state index in [-0.39, 0.29) is 0 Å². The first-order valence-electron chi connectivity index (χ1n) is 4.91. The van der Waals surface area contributed by atoms with Gasteiger partial charge < -0.3 is 5.32 Å². The van der Waals surface area contributed by atoms with Crippen LogP contribution >= 0.6 is 0 Å². The van der Waals surface area contributed by atoms with Crippen LogP contribution in [0.4, 0.5) is 0 Å². The van der Waals surface area contributed by atoms with Gasteiger partial charge in [0.25, 0.3) is 0 Å². The quantitative estimate of drug-likeness (QED) is 0.581. The molecule has 0 radical (unpaired) electrons. The minimum absolute atomic E-state index is 0.347. The first kappa shape index (κ1) is 11.6. The summed E-state index contributed by atoms with van der Waals surface area (Å²) in [5.41, 5.74) is 0. The van der Waals surface area contributed by atoms with Crippen molar-refractivity contribution in [3.8, 4) is 0 Å². The molecule has 0 aromatic heterocycles. The summed E-state index contributed by atoms with van der Waals surface area (Å²) in [6, 6.07) is 0.347. The molecule has 0 aliphatic rings. The van der Waals surface area contributed by atoms with Crippen LogP contribution in [0.5, 0.6) is 0 Å². The minimum atomic E-state index is 0.347. The van der Waals surface area contributed by atoms with Crippen LogP contribution in [-0.2, 0) is 0 Å². The van der Waals surface area contributed by atoms with E-state index in [0.717, 1.165) is 19.0 Å². The minimum Gasteiger partial charge on any atom is -0.314 e. The Balaban J connectivity index is 3.34. The van der Waals surface area contributed by atoms with Gasteiger partial charge in [-0.2, -0.15) is 0 Å². The molecule has 0 heterocycles. The topological polar surface area (TPSA) is 24.4 Å². The molecule has 0 aromatic rings. The third-order valence-corrected chi connectivity index (χ3v) is 2.34. The molecular formula is C10H22N2. The fourth-order valence-corrected chi connectivity index (χ4v) is 1.14. The van der Waals surface area contributed by atoms with Gasteiger partial charge in [0.15, 0.2) is 0 Å². The Morgan fingerprint density at radius 3 is 2.25 bits per heavy atom. The van der Waals surface area contributed by atoms with E-state index in [4.69, 9.17) is 0 Å². The van der Waals surface area contributed by atoms with Crippen LogP contribution < -0.4 is 5.32 Å². The molecule has 2 heteroatoms. The predicted molar refractivity (Wildman–Crippen MR) is 56.0 cm³/mol. The normalized spacial score (nSPS) is 13.3. The lowest BCUT2D eigenvalue weighted by Gasteiger charge is -2.14. The molecule has 0 saturated carbocycles. The number of rotatable bonds is 7. The molecule has 1 atom stereocenters. The van der Waals surface area contributed by atoms with E-state index in [1.807, 2.05) is 0 Å². The number of nitrogens with one attached hydrogen (secondary N) is 1. The van der Waals surface area contributed by atoms with Gasteiger partial charge in [-0.1, -0.05) is 26.7 Å². The predicted octanol–water partition coefficient (Wildman–Crippen LogP) is 2.10. The molecule has 12 heavy (non-hydrogen) atoms. The fraction of sp³-hybridized carbons (Fsp3) is 0.900. The van der Waals surface area contributed by atoms with Gasteiger partial charge in [-0.15, -0.1) is 0 Å². The van der Waals surface area contributed by atoms with Gasteiger partial charge in [-0.05, 0) is 26.1 Å². The third-order valence-electron chi connectivity index (χ3n) is 2.34. The van der Waals surface area contributed by atoms with Crippen LogP contribution in [0.15, 0.2) is 4.99 Å². The van der Waals surface area contributed by atoms with Crippen molar-refractivity contribution in [1.29, 1.82) is 0 Å². The van der Waals surface area contributed by atoms with Gasteiger partial charge in [0.1, 0.15) is 0 Å².